The lowest BCUT2D eigenvalue weighted by Gasteiger charge is -2.17. The first-order valence-corrected chi connectivity index (χ1v) is 9.81. The minimum atomic E-state index is -0.421. The second kappa shape index (κ2) is 7.29. The molecule has 6 heteroatoms. The highest BCUT2D eigenvalue weighted by Crippen LogP contribution is 2.32. The molecule has 29 heavy (non-hydrogen) atoms. The molecule has 0 radical (unpaired) electrons. The van der Waals surface area contributed by atoms with E-state index in [0.717, 1.165) is 15.6 Å². The van der Waals surface area contributed by atoms with Gasteiger partial charge in [0.1, 0.15) is 0 Å². The molecule has 0 aliphatic carbocycles. The number of nitrogens with one attached hydrogen (secondary N) is 1. The van der Waals surface area contributed by atoms with Crippen molar-refractivity contribution in [3.8, 4) is 0 Å². The SMILES string of the molecule is Cc1ccc(C)c(N2C(=O)c3ccc(C(=O)Nc4cccc(Br)c4)cc3C2=O)c1. The average molecular weight is 449 g/mol. The number of nitrogens with zero attached hydrogens (tertiary/aromatic N) is 1. The maximum Gasteiger partial charge on any atom is 0.266 e. The maximum absolute atomic E-state index is 13.0. The molecular weight excluding hydrogens is 432 g/mol. The summed E-state index contributed by atoms with van der Waals surface area (Å²) in [6.45, 7) is 3.76. The van der Waals surface area contributed by atoms with Crippen molar-refractivity contribution in [2.75, 3.05) is 10.2 Å². The highest BCUT2D eigenvalue weighted by Gasteiger charge is 2.37. The zero-order valence-electron chi connectivity index (χ0n) is 15.8. The normalized spacial score (nSPS) is 12.9. The Balaban J connectivity index is 1.66. The molecule has 4 rings (SSSR count). The van der Waals surface area contributed by atoms with E-state index in [0.29, 0.717) is 22.5 Å². The topological polar surface area (TPSA) is 66.5 Å². The number of fused-ring (bicyclic) bond motifs is 1. The Kier molecular flexibility index (Phi) is 4.80. The molecule has 1 aliphatic heterocycles. The number of carbonyl (C=O) groups is 3. The molecule has 1 aliphatic rings. The van der Waals surface area contributed by atoms with Crippen LogP contribution in [0.25, 0.3) is 0 Å². The third-order valence-corrected chi connectivity index (χ3v) is 5.33. The van der Waals surface area contributed by atoms with Crippen LogP contribution in [0.2, 0.25) is 0 Å². The van der Waals surface area contributed by atoms with Crippen molar-refractivity contribution >= 4 is 45.0 Å². The van der Waals surface area contributed by atoms with Crippen LogP contribution in [0.4, 0.5) is 11.4 Å². The number of anilines is 2. The van der Waals surface area contributed by atoms with Crippen LogP contribution in [0.5, 0.6) is 0 Å². The van der Waals surface area contributed by atoms with Crippen LogP contribution in [-0.2, 0) is 0 Å². The van der Waals surface area contributed by atoms with Crippen molar-refractivity contribution in [1.82, 2.24) is 0 Å². The lowest BCUT2D eigenvalue weighted by molar-refractivity contribution is 0.0925. The summed E-state index contributed by atoms with van der Waals surface area (Å²) in [6, 6.07) is 17.4. The van der Waals surface area contributed by atoms with E-state index in [1.807, 2.05) is 44.2 Å². The van der Waals surface area contributed by atoms with Crippen molar-refractivity contribution in [1.29, 1.82) is 0 Å². The van der Waals surface area contributed by atoms with Crippen molar-refractivity contribution in [2.45, 2.75) is 13.8 Å². The van der Waals surface area contributed by atoms with E-state index in [4.69, 9.17) is 0 Å². The van der Waals surface area contributed by atoms with Crippen LogP contribution in [0.3, 0.4) is 0 Å². The van der Waals surface area contributed by atoms with Gasteiger partial charge in [0, 0.05) is 15.7 Å². The van der Waals surface area contributed by atoms with E-state index in [2.05, 4.69) is 21.2 Å². The first-order valence-electron chi connectivity index (χ1n) is 9.02. The van der Waals surface area contributed by atoms with Gasteiger partial charge in [-0.1, -0.05) is 34.1 Å². The Hall–Kier alpha value is -3.25. The molecule has 0 fully saturated rings. The van der Waals surface area contributed by atoms with Gasteiger partial charge in [-0.2, -0.15) is 0 Å². The molecule has 144 valence electrons. The van der Waals surface area contributed by atoms with Crippen LogP contribution >= 0.6 is 15.9 Å². The number of rotatable bonds is 3. The smallest absolute Gasteiger partial charge is 0.266 e. The number of halogens is 1. The average Bonchev–Trinajstić information content (AvgIpc) is 2.94. The standard InChI is InChI=1S/C23H17BrN2O3/c1-13-6-7-14(2)20(10-13)26-22(28)18-9-8-15(11-19(18)23(26)29)21(27)25-17-5-3-4-16(24)12-17/h3-12H,1-2H3,(H,25,27). The monoisotopic (exact) mass is 448 g/mol. The highest BCUT2D eigenvalue weighted by molar-refractivity contribution is 9.10. The summed E-state index contributed by atoms with van der Waals surface area (Å²) in [5.41, 5.74) is 3.83. The lowest BCUT2D eigenvalue weighted by atomic mass is 10.1. The van der Waals surface area contributed by atoms with Gasteiger partial charge in [-0.3, -0.25) is 14.4 Å². The second-order valence-corrected chi connectivity index (χ2v) is 7.88. The quantitative estimate of drug-likeness (QED) is 0.565. The molecule has 1 heterocycles. The summed E-state index contributed by atoms with van der Waals surface area (Å²) in [6.07, 6.45) is 0. The fourth-order valence-corrected chi connectivity index (χ4v) is 3.73. The molecule has 0 spiro atoms. The molecule has 0 atom stereocenters. The molecule has 0 unspecified atom stereocenters. The molecule has 1 N–H and O–H groups in total. The summed E-state index contributed by atoms with van der Waals surface area (Å²) in [4.78, 5) is 39.7. The lowest BCUT2D eigenvalue weighted by Crippen LogP contribution is -2.30. The summed E-state index contributed by atoms with van der Waals surface area (Å²) in [5, 5.41) is 2.80. The summed E-state index contributed by atoms with van der Waals surface area (Å²) >= 11 is 3.36. The largest absolute Gasteiger partial charge is 0.322 e. The second-order valence-electron chi connectivity index (χ2n) is 6.96. The summed E-state index contributed by atoms with van der Waals surface area (Å²) in [5.74, 6) is -1.15. The number of carbonyl (C=O) groups excluding carboxylic acids is 3. The Morgan fingerprint density at radius 3 is 2.41 bits per heavy atom. The van der Waals surface area contributed by atoms with Gasteiger partial charge in [-0.25, -0.2) is 4.90 Å². The van der Waals surface area contributed by atoms with E-state index in [1.54, 1.807) is 18.2 Å². The molecule has 0 aromatic heterocycles. The number of aryl methyl sites for hydroxylation is 2. The Bertz CT molecular complexity index is 1190. The maximum atomic E-state index is 13.0. The minimum absolute atomic E-state index is 0.234. The van der Waals surface area contributed by atoms with Crippen LogP contribution < -0.4 is 10.2 Å². The molecule has 5 nitrogen and oxygen atoms in total. The van der Waals surface area contributed by atoms with Crippen LogP contribution in [-0.4, -0.2) is 17.7 Å². The van der Waals surface area contributed by atoms with E-state index >= 15 is 0 Å². The van der Waals surface area contributed by atoms with Crippen molar-refractivity contribution < 1.29 is 14.4 Å². The molecule has 3 amide bonds. The number of imide groups is 1. The molecule has 0 saturated heterocycles. The van der Waals surface area contributed by atoms with Gasteiger partial charge in [0.15, 0.2) is 0 Å². The number of benzene rings is 3. The van der Waals surface area contributed by atoms with Gasteiger partial charge in [0.2, 0.25) is 0 Å². The van der Waals surface area contributed by atoms with Gasteiger partial charge >= 0.3 is 0 Å². The number of hydrogen-bond acceptors (Lipinski definition) is 3. The van der Waals surface area contributed by atoms with Gasteiger partial charge in [0.05, 0.1) is 16.8 Å². The van der Waals surface area contributed by atoms with Crippen LogP contribution in [0, 0.1) is 13.8 Å². The molecule has 0 bridgehead atoms. The van der Waals surface area contributed by atoms with Gasteiger partial charge < -0.3 is 5.32 Å². The zero-order valence-corrected chi connectivity index (χ0v) is 17.4. The Morgan fingerprint density at radius 1 is 0.897 bits per heavy atom. The van der Waals surface area contributed by atoms with Crippen LogP contribution in [0.1, 0.15) is 42.2 Å². The van der Waals surface area contributed by atoms with Gasteiger partial charge in [0.25, 0.3) is 17.7 Å². The zero-order chi connectivity index (χ0) is 20.7. The fourth-order valence-electron chi connectivity index (χ4n) is 3.33. The van der Waals surface area contributed by atoms with Crippen molar-refractivity contribution in [3.05, 3.63) is 93.0 Å². The molecule has 3 aromatic rings. The van der Waals surface area contributed by atoms with E-state index in [9.17, 15) is 14.4 Å². The van der Waals surface area contributed by atoms with Crippen molar-refractivity contribution in [3.63, 3.8) is 0 Å². The van der Waals surface area contributed by atoms with Crippen LogP contribution in [0.15, 0.2) is 65.1 Å². The predicted molar refractivity (Wildman–Crippen MR) is 116 cm³/mol. The van der Waals surface area contributed by atoms with Gasteiger partial charge in [-0.15, -0.1) is 0 Å². The third-order valence-electron chi connectivity index (χ3n) is 4.84. The Morgan fingerprint density at radius 2 is 1.66 bits per heavy atom. The predicted octanol–water partition coefficient (Wildman–Crippen LogP) is 5.12. The first-order chi connectivity index (χ1) is 13.8. The highest BCUT2D eigenvalue weighted by atomic mass is 79.9. The first kappa shape index (κ1) is 19.1. The van der Waals surface area contributed by atoms with E-state index in [-0.39, 0.29) is 17.4 Å². The summed E-state index contributed by atoms with van der Waals surface area (Å²) in [7, 11) is 0. The van der Waals surface area contributed by atoms with Gasteiger partial charge in [-0.05, 0) is 67.4 Å². The minimum Gasteiger partial charge on any atom is -0.322 e. The van der Waals surface area contributed by atoms with E-state index < -0.39 is 5.91 Å². The van der Waals surface area contributed by atoms with E-state index in [1.165, 1.54) is 17.0 Å². The molecule has 3 aromatic carbocycles. The number of amides is 3. The molecular formula is C23H17BrN2O3. The molecule has 0 saturated carbocycles. The Labute approximate surface area is 176 Å². The number of hydrogen-bond donors (Lipinski definition) is 1. The summed E-state index contributed by atoms with van der Waals surface area (Å²) < 4.78 is 0.842. The fraction of sp³-hybridized carbons (Fsp3) is 0.0870. The third kappa shape index (κ3) is 3.47. The van der Waals surface area contributed by atoms with Crippen molar-refractivity contribution in [2.24, 2.45) is 0 Å².